The second-order valence-electron chi connectivity index (χ2n) is 2.97. The Kier molecular flexibility index (Phi) is 2.23. The minimum absolute atomic E-state index is 0.0234. The fourth-order valence-electron chi connectivity index (χ4n) is 1.32. The number of hydrogen-bond acceptors (Lipinski definition) is 3. The normalized spacial score (nSPS) is 13.3. The molecule has 72 valence electrons. The van der Waals surface area contributed by atoms with Gasteiger partial charge in [0.1, 0.15) is 18.1 Å². The zero-order valence-corrected chi connectivity index (χ0v) is 7.66. The molecule has 0 bridgehead atoms. The predicted octanol–water partition coefficient (Wildman–Crippen LogP) is 1.83. The van der Waals surface area contributed by atoms with Crippen LogP contribution in [0.1, 0.15) is 10.4 Å². The molecule has 0 unspecified atom stereocenters. The van der Waals surface area contributed by atoms with Gasteiger partial charge in [0.15, 0.2) is 6.61 Å². The molecule has 1 heterocycles. The van der Waals surface area contributed by atoms with Gasteiger partial charge in [-0.2, -0.15) is 0 Å². The fraction of sp³-hybridized carbons (Fsp3) is 0.182. The Morgan fingerprint density at radius 1 is 1.57 bits per heavy atom. The molecule has 0 aromatic heterocycles. The van der Waals surface area contributed by atoms with Gasteiger partial charge in [0.25, 0.3) is 0 Å². The van der Waals surface area contributed by atoms with Crippen LogP contribution in [-0.2, 0) is 0 Å². The molecule has 0 aliphatic carbocycles. The zero-order chi connectivity index (χ0) is 9.97. The van der Waals surface area contributed by atoms with E-state index in [-0.39, 0.29) is 12.4 Å². The van der Waals surface area contributed by atoms with Crippen LogP contribution in [0.2, 0.25) is 0 Å². The molecule has 1 aliphatic heterocycles. The van der Waals surface area contributed by atoms with E-state index in [4.69, 9.17) is 9.47 Å². The van der Waals surface area contributed by atoms with Gasteiger partial charge in [-0.1, -0.05) is 12.7 Å². The summed E-state index contributed by atoms with van der Waals surface area (Å²) >= 11 is 0. The molecule has 2 rings (SSSR count). The molecule has 0 saturated heterocycles. The smallest absolute Gasteiger partial charge is 0.203 e. The first-order valence-electron chi connectivity index (χ1n) is 4.35. The molecule has 0 saturated carbocycles. The Labute approximate surface area is 81.9 Å². The Hall–Kier alpha value is -1.77. The SMILES string of the molecule is C=CCOc1ccc2c(c1)OCC2=O. The summed E-state index contributed by atoms with van der Waals surface area (Å²) in [6.07, 6.45) is 1.67. The number of fused-ring (bicyclic) bond motifs is 1. The van der Waals surface area contributed by atoms with E-state index in [1.54, 1.807) is 24.3 Å². The lowest BCUT2D eigenvalue weighted by Gasteiger charge is -2.04. The molecular weight excluding hydrogens is 180 g/mol. The summed E-state index contributed by atoms with van der Waals surface area (Å²) in [4.78, 5) is 11.2. The molecule has 0 spiro atoms. The highest BCUT2D eigenvalue weighted by Crippen LogP contribution is 2.29. The van der Waals surface area contributed by atoms with E-state index in [1.165, 1.54) is 0 Å². The highest BCUT2D eigenvalue weighted by molar-refractivity contribution is 6.02. The molecule has 3 heteroatoms. The molecule has 0 radical (unpaired) electrons. The number of benzene rings is 1. The number of Topliss-reactive ketones (excluding diaryl/α,β-unsaturated/α-hetero) is 1. The predicted molar refractivity (Wildman–Crippen MR) is 52.0 cm³/mol. The van der Waals surface area contributed by atoms with E-state index >= 15 is 0 Å². The van der Waals surface area contributed by atoms with Crippen molar-refractivity contribution in [3.05, 3.63) is 36.4 Å². The van der Waals surface area contributed by atoms with Gasteiger partial charge < -0.3 is 9.47 Å². The monoisotopic (exact) mass is 190 g/mol. The van der Waals surface area contributed by atoms with Gasteiger partial charge in [0, 0.05) is 6.07 Å². The maximum absolute atomic E-state index is 11.2. The van der Waals surface area contributed by atoms with E-state index in [1.807, 2.05) is 0 Å². The van der Waals surface area contributed by atoms with E-state index in [0.29, 0.717) is 23.7 Å². The molecule has 1 aliphatic rings. The van der Waals surface area contributed by atoms with Crippen molar-refractivity contribution in [1.82, 2.24) is 0 Å². The molecule has 0 atom stereocenters. The van der Waals surface area contributed by atoms with E-state index in [9.17, 15) is 4.79 Å². The van der Waals surface area contributed by atoms with Crippen LogP contribution in [0.15, 0.2) is 30.9 Å². The molecule has 1 aromatic carbocycles. The first kappa shape index (κ1) is 8.81. The lowest BCUT2D eigenvalue weighted by atomic mass is 10.1. The van der Waals surface area contributed by atoms with E-state index in [0.717, 1.165) is 0 Å². The van der Waals surface area contributed by atoms with Crippen LogP contribution in [-0.4, -0.2) is 19.0 Å². The van der Waals surface area contributed by atoms with Crippen LogP contribution in [0, 0.1) is 0 Å². The van der Waals surface area contributed by atoms with Crippen molar-refractivity contribution in [2.45, 2.75) is 0 Å². The number of ether oxygens (including phenoxy) is 2. The average Bonchev–Trinajstić information content (AvgIpc) is 2.57. The van der Waals surface area contributed by atoms with Crippen molar-refractivity contribution < 1.29 is 14.3 Å². The minimum Gasteiger partial charge on any atom is -0.489 e. The lowest BCUT2D eigenvalue weighted by Crippen LogP contribution is -1.98. The van der Waals surface area contributed by atoms with Crippen LogP contribution >= 0.6 is 0 Å². The highest BCUT2D eigenvalue weighted by atomic mass is 16.5. The second kappa shape index (κ2) is 3.54. The molecule has 1 aromatic rings. The Morgan fingerprint density at radius 3 is 3.21 bits per heavy atom. The van der Waals surface area contributed by atoms with Gasteiger partial charge in [-0.15, -0.1) is 0 Å². The minimum atomic E-state index is 0.0234. The van der Waals surface area contributed by atoms with Gasteiger partial charge in [-0.05, 0) is 12.1 Å². The summed E-state index contributed by atoms with van der Waals surface area (Å²) in [7, 11) is 0. The van der Waals surface area contributed by atoms with Crippen LogP contribution in [0.25, 0.3) is 0 Å². The molecule has 14 heavy (non-hydrogen) atoms. The topological polar surface area (TPSA) is 35.5 Å². The van der Waals surface area contributed by atoms with Gasteiger partial charge in [0.05, 0.1) is 5.56 Å². The summed E-state index contributed by atoms with van der Waals surface area (Å²) in [6, 6.07) is 5.21. The standard InChI is InChI=1S/C11H10O3/c1-2-5-13-8-3-4-9-10(12)7-14-11(9)6-8/h2-4,6H,1,5,7H2. The first-order chi connectivity index (χ1) is 6.81. The maximum Gasteiger partial charge on any atom is 0.203 e. The third-order valence-electron chi connectivity index (χ3n) is 1.98. The Balaban J connectivity index is 2.23. The van der Waals surface area contributed by atoms with Gasteiger partial charge in [-0.3, -0.25) is 4.79 Å². The average molecular weight is 190 g/mol. The highest BCUT2D eigenvalue weighted by Gasteiger charge is 2.20. The van der Waals surface area contributed by atoms with Crippen molar-refractivity contribution in [1.29, 1.82) is 0 Å². The van der Waals surface area contributed by atoms with Gasteiger partial charge in [-0.25, -0.2) is 0 Å². The van der Waals surface area contributed by atoms with Crippen LogP contribution in [0.3, 0.4) is 0 Å². The summed E-state index contributed by atoms with van der Waals surface area (Å²) < 4.78 is 10.5. The third-order valence-corrected chi connectivity index (χ3v) is 1.98. The first-order valence-corrected chi connectivity index (χ1v) is 4.35. The van der Waals surface area contributed by atoms with Crippen molar-refractivity contribution in [2.24, 2.45) is 0 Å². The Bertz CT molecular complexity index is 382. The number of ketones is 1. The Morgan fingerprint density at radius 2 is 2.43 bits per heavy atom. The van der Waals surface area contributed by atoms with Crippen molar-refractivity contribution in [2.75, 3.05) is 13.2 Å². The molecule has 0 amide bonds. The van der Waals surface area contributed by atoms with E-state index < -0.39 is 0 Å². The van der Waals surface area contributed by atoms with Crippen molar-refractivity contribution in [3.63, 3.8) is 0 Å². The van der Waals surface area contributed by atoms with Gasteiger partial charge in [0.2, 0.25) is 5.78 Å². The molecule has 0 fully saturated rings. The van der Waals surface area contributed by atoms with Gasteiger partial charge >= 0.3 is 0 Å². The number of carbonyl (C=O) groups excluding carboxylic acids is 1. The van der Waals surface area contributed by atoms with Crippen molar-refractivity contribution >= 4 is 5.78 Å². The second-order valence-corrected chi connectivity index (χ2v) is 2.97. The van der Waals surface area contributed by atoms with Crippen LogP contribution in [0.5, 0.6) is 11.5 Å². The lowest BCUT2D eigenvalue weighted by molar-refractivity contribution is 0.0961. The van der Waals surface area contributed by atoms with Crippen LogP contribution in [0.4, 0.5) is 0 Å². The summed E-state index contributed by atoms with van der Waals surface area (Å²) in [5.74, 6) is 1.32. The van der Waals surface area contributed by atoms with Crippen molar-refractivity contribution in [3.8, 4) is 11.5 Å². The maximum atomic E-state index is 11.2. The summed E-state index contributed by atoms with van der Waals surface area (Å²) in [5.41, 5.74) is 0.635. The summed E-state index contributed by atoms with van der Waals surface area (Å²) in [6.45, 7) is 4.14. The number of carbonyl (C=O) groups is 1. The third kappa shape index (κ3) is 1.48. The number of hydrogen-bond donors (Lipinski definition) is 0. The molecule has 0 N–H and O–H groups in total. The fourth-order valence-corrected chi connectivity index (χ4v) is 1.32. The summed E-state index contributed by atoms with van der Waals surface area (Å²) in [5, 5.41) is 0. The largest absolute Gasteiger partial charge is 0.489 e. The molecule has 3 nitrogen and oxygen atoms in total. The molecular formula is C11H10O3. The zero-order valence-electron chi connectivity index (χ0n) is 7.66. The number of rotatable bonds is 3. The van der Waals surface area contributed by atoms with Crippen LogP contribution < -0.4 is 9.47 Å². The van der Waals surface area contributed by atoms with E-state index in [2.05, 4.69) is 6.58 Å². The quantitative estimate of drug-likeness (QED) is 0.682.